The number of carbonyl (C=O) groups excluding carboxylic acids is 1. The molecule has 0 spiro atoms. The molecule has 0 radical (unpaired) electrons. The first-order valence-corrected chi connectivity index (χ1v) is 7.92. The molecule has 0 atom stereocenters. The Morgan fingerprint density at radius 3 is 2.95 bits per heavy atom. The molecule has 3 nitrogen and oxygen atoms in total. The van der Waals surface area contributed by atoms with Crippen LogP contribution in [-0.2, 0) is 17.8 Å². The lowest BCUT2D eigenvalue weighted by molar-refractivity contribution is -0.116. The lowest BCUT2D eigenvalue weighted by Gasteiger charge is -2.20. The van der Waals surface area contributed by atoms with Crippen molar-refractivity contribution in [3.63, 3.8) is 0 Å². The molecular weight excluding hydrogens is 248 g/mol. The van der Waals surface area contributed by atoms with Gasteiger partial charge in [0.15, 0.2) is 0 Å². The second-order valence-electron chi connectivity index (χ2n) is 5.58. The first kappa shape index (κ1) is 15.0. The number of anilines is 1. The Bertz CT molecular complexity index is 443. The second kappa shape index (κ2) is 8.05. The summed E-state index contributed by atoms with van der Waals surface area (Å²) in [6, 6.07) is 6.22. The van der Waals surface area contributed by atoms with Crippen molar-refractivity contribution in [2.45, 2.75) is 58.4 Å². The topological polar surface area (TPSA) is 41.1 Å². The molecule has 1 aliphatic heterocycles. The molecule has 0 fully saturated rings. The summed E-state index contributed by atoms with van der Waals surface area (Å²) in [4.78, 5) is 12.0. The highest BCUT2D eigenvalue weighted by Gasteiger charge is 2.13. The molecule has 0 saturated heterocycles. The molecule has 1 aromatic rings. The highest BCUT2D eigenvalue weighted by atomic mass is 16.1. The minimum atomic E-state index is 0.153. The largest absolute Gasteiger partial charge is 0.326 e. The average Bonchev–Trinajstić information content (AvgIpc) is 2.47. The van der Waals surface area contributed by atoms with Crippen LogP contribution in [0.2, 0.25) is 0 Å². The highest BCUT2D eigenvalue weighted by Crippen LogP contribution is 2.23. The molecule has 0 bridgehead atoms. The van der Waals surface area contributed by atoms with E-state index in [9.17, 15) is 4.79 Å². The van der Waals surface area contributed by atoms with Crippen LogP contribution < -0.4 is 10.6 Å². The maximum Gasteiger partial charge on any atom is 0.224 e. The average molecular weight is 274 g/mol. The fourth-order valence-electron chi connectivity index (χ4n) is 2.73. The van der Waals surface area contributed by atoms with E-state index in [0.717, 1.165) is 38.0 Å². The standard InChI is InChI=1S/C17H26N2O/c1-2-3-4-5-6-10-17(20)19-16-9-7-8-14-11-12-18-13-15(14)16/h7-9,18H,2-6,10-13H2,1H3,(H,19,20). The van der Waals surface area contributed by atoms with E-state index in [0.29, 0.717) is 6.42 Å². The number of amides is 1. The predicted molar refractivity (Wildman–Crippen MR) is 83.9 cm³/mol. The van der Waals surface area contributed by atoms with Gasteiger partial charge in [-0.3, -0.25) is 4.79 Å². The van der Waals surface area contributed by atoms with Gasteiger partial charge in [-0.15, -0.1) is 0 Å². The van der Waals surface area contributed by atoms with E-state index in [4.69, 9.17) is 0 Å². The Labute approximate surface area is 122 Å². The van der Waals surface area contributed by atoms with Crippen LogP contribution in [0.5, 0.6) is 0 Å². The predicted octanol–water partition coefficient (Wildman–Crippen LogP) is 3.63. The van der Waals surface area contributed by atoms with Gasteiger partial charge >= 0.3 is 0 Å². The van der Waals surface area contributed by atoms with Gasteiger partial charge in [0, 0.05) is 18.7 Å². The Balaban J connectivity index is 1.82. The number of carbonyl (C=O) groups is 1. The molecule has 3 heteroatoms. The maximum absolute atomic E-state index is 12.0. The van der Waals surface area contributed by atoms with Gasteiger partial charge in [0.2, 0.25) is 5.91 Å². The molecule has 0 aliphatic carbocycles. The van der Waals surface area contributed by atoms with E-state index in [2.05, 4.69) is 23.6 Å². The molecule has 0 unspecified atom stereocenters. The van der Waals surface area contributed by atoms with Gasteiger partial charge < -0.3 is 10.6 Å². The highest BCUT2D eigenvalue weighted by molar-refractivity contribution is 5.91. The van der Waals surface area contributed by atoms with Gasteiger partial charge in [0.25, 0.3) is 0 Å². The van der Waals surface area contributed by atoms with Gasteiger partial charge in [-0.2, -0.15) is 0 Å². The summed E-state index contributed by atoms with van der Waals surface area (Å²) < 4.78 is 0. The SMILES string of the molecule is CCCCCCCC(=O)Nc1cccc2c1CNCC2. The third-order valence-corrected chi connectivity index (χ3v) is 3.93. The number of hydrogen-bond donors (Lipinski definition) is 2. The molecule has 2 rings (SSSR count). The lowest BCUT2D eigenvalue weighted by atomic mass is 9.99. The quantitative estimate of drug-likeness (QED) is 0.745. The monoisotopic (exact) mass is 274 g/mol. The summed E-state index contributed by atoms with van der Waals surface area (Å²) in [6.45, 7) is 4.10. The first-order valence-electron chi connectivity index (χ1n) is 7.92. The lowest BCUT2D eigenvalue weighted by Crippen LogP contribution is -2.25. The Hall–Kier alpha value is -1.35. The van der Waals surface area contributed by atoms with Crippen LogP contribution in [0.15, 0.2) is 18.2 Å². The van der Waals surface area contributed by atoms with Crippen molar-refractivity contribution in [3.05, 3.63) is 29.3 Å². The van der Waals surface area contributed by atoms with E-state index in [-0.39, 0.29) is 5.91 Å². The summed E-state index contributed by atoms with van der Waals surface area (Å²) in [5, 5.41) is 6.45. The Morgan fingerprint density at radius 2 is 2.10 bits per heavy atom. The van der Waals surface area contributed by atoms with Crippen molar-refractivity contribution in [1.82, 2.24) is 5.32 Å². The van der Waals surface area contributed by atoms with Gasteiger partial charge in [0.05, 0.1) is 0 Å². The Kier molecular flexibility index (Phi) is 6.06. The van der Waals surface area contributed by atoms with Crippen molar-refractivity contribution in [3.8, 4) is 0 Å². The third-order valence-electron chi connectivity index (χ3n) is 3.93. The maximum atomic E-state index is 12.0. The fourth-order valence-corrected chi connectivity index (χ4v) is 2.73. The van der Waals surface area contributed by atoms with E-state index < -0.39 is 0 Å². The van der Waals surface area contributed by atoms with Crippen LogP contribution in [0.25, 0.3) is 0 Å². The molecule has 0 aromatic heterocycles. The molecule has 20 heavy (non-hydrogen) atoms. The number of rotatable bonds is 7. The van der Waals surface area contributed by atoms with Crippen LogP contribution in [-0.4, -0.2) is 12.5 Å². The molecule has 1 aliphatic rings. The van der Waals surface area contributed by atoms with Crippen LogP contribution in [0, 0.1) is 0 Å². The van der Waals surface area contributed by atoms with Gasteiger partial charge in [0.1, 0.15) is 0 Å². The van der Waals surface area contributed by atoms with E-state index in [1.807, 2.05) is 12.1 Å². The third kappa shape index (κ3) is 4.34. The van der Waals surface area contributed by atoms with Crippen molar-refractivity contribution in [2.24, 2.45) is 0 Å². The summed E-state index contributed by atoms with van der Waals surface area (Å²) in [5.74, 6) is 0.153. The molecule has 110 valence electrons. The summed E-state index contributed by atoms with van der Waals surface area (Å²) in [6.07, 6.45) is 7.62. The zero-order valence-electron chi connectivity index (χ0n) is 12.5. The van der Waals surface area contributed by atoms with Crippen molar-refractivity contribution in [1.29, 1.82) is 0 Å². The van der Waals surface area contributed by atoms with E-state index in [1.54, 1.807) is 0 Å². The zero-order valence-corrected chi connectivity index (χ0v) is 12.5. The Morgan fingerprint density at radius 1 is 1.25 bits per heavy atom. The fraction of sp³-hybridized carbons (Fsp3) is 0.588. The number of benzene rings is 1. The van der Waals surface area contributed by atoms with Crippen LogP contribution in [0.4, 0.5) is 5.69 Å². The van der Waals surface area contributed by atoms with E-state index in [1.165, 1.54) is 30.4 Å². The first-order chi connectivity index (χ1) is 9.81. The second-order valence-corrected chi connectivity index (χ2v) is 5.58. The normalized spacial score (nSPS) is 13.8. The van der Waals surface area contributed by atoms with Gasteiger partial charge in [-0.25, -0.2) is 0 Å². The van der Waals surface area contributed by atoms with Crippen molar-refractivity contribution >= 4 is 11.6 Å². The van der Waals surface area contributed by atoms with Crippen LogP contribution in [0.3, 0.4) is 0 Å². The molecular formula is C17H26N2O. The van der Waals surface area contributed by atoms with Crippen molar-refractivity contribution < 1.29 is 4.79 Å². The minimum Gasteiger partial charge on any atom is -0.326 e. The summed E-state index contributed by atoms with van der Waals surface area (Å²) in [7, 11) is 0. The molecule has 1 heterocycles. The number of fused-ring (bicyclic) bond motifs is 1. The number of hydrogen-bond acceptors (Lipinski definition) is 2. The molecule has 1 aromatic carbocycles. The molecule has 1 amide bonds. The van der Waals surface area contributed by atoms with Crippen LogP contribution >= 0.6 is 0 Å². The van der Waals surface area contributed by atoms with E-state index >= 15 is 0 Å². The minimum absolute atomic E-state index is 0.153. The van der Waals surface area contributed by atoms with Crippen molar-refractivity contribution in [2.75, 3.05) is 11.9 Å². The van der Waals surface area contributed by atoms with Gasteiger partial charge in [-0.1, -0.05) is 44.7 Å². The number of nitrogens with one attached hydrogen (secondary N) is 2. The number of unbranched alkanes of at least 4 members (excludes halogenated alkanes) is 4. The summed E-state index contributed by atoms with van der Waals surface area (Å²) in [5.41, 5.74) is 3.62. The smallest absolute Gasteiger partial charge is 0.224 e. The van der Waals surface area contributed by atoms with Gasteiger partial charge in [-0.05, 0) is 36.6 Å². The molecule has 0 saturated carbocycles. The summed E-state index contributed by atoms with van der Waals surface area (Å²) >= 11 is 0. The zero-order chi connectivity index (χ0) is 14.2. The van der Waals surface area contributed by atoms with Crippen LogP contribution in [0.1, 0.15) is 56.6 Å². The molecule has 2 N–H and O–H groups in total.